The second kappa shape index (κ2) is 7.19. The number of carbonyl (C=O) groups is 3. The second-order valence-corrected chi connectivity index (χ2v) is 7.65. The molecule has 0 radical (unpaired) electrons. The maximum atomic E-state index is 12.3. The molecule has 0 aromatic rings. The molecule has 0 spiro atoms. The number of piperidine rings is 1. The van der Waals surface area contributed by atoms with Gasteiger partial charge < -0.3 is 20.9 Å². The lowest BCUT2D eigenvalue weighted by molar-refractivity contribution is -0.135. The van der Waals surface area contributed by atoms with Crippen molar-refractivity contribution in [3.63, 3.8) is 0 Å². The van der Waals surface area contributed by atoms with Gasteiger partial charge in [-0.05, 0) is 24.7 Å². The van der Waals surface area contributed by atoms with Crippen molar-refractivity contribution in [2.45, 2.75) is 58.5 Å². The Kier molecular flexibility index (Phi) is 5.49. The quantitative estimate of drug-likeness (QED) is 0.710. The van der Waals surface area contributed by atoms with Crippen molar-refractivity contribution in [3.8, 4) is 0 Å². The minimum atomic E-state index is -0.359. The van der Waals surface area contributed by atoms with Crippen molar-refractivity contribution in [1.82, 2.24) is 20.9 Å². The summed E-state index contributed by atoms with van der Waals surface area (Å²) in [6.45, 7) is 8.07. The molecule has 4 amide bonds. The highest BCUT2D eigenvalue weighted by Gasteiger charge is 2.32. The zero-order valence-electron chi connectivity index (χ0n) is 14.3. The number of rotatable bonds is 3. The second-order valence-electron chi connectivity index (χ2n) is 7.65. The third-order valence-corrected chi connectivity index (χ3v) is 4.21. The lowest BCUT2D eigenvalue weighted by Crippen LogP contribution is -2.52. The van der Waals surface area contributed by atoms with Crippen molar-refractivity contribution in [3.05, 3.63) is 0 Å². The number of nitrogens with zero attached hydrogens (tertiary/aromatic N) is 1. The maximum absolute atomic E-state index is 12.3. The van der Waals surface area contributed by atoms with Gasteiger partial charge in [0.05, 0.1) is 0 Å². The van der Waals surface area contributed by atoms with Crippen LogP contribution < -0.4 is 16.0 Å². The summed E-state index contributed by atoms with van der Waals surface area (Å²) in [7, 11) is 0. The minimum absolute atomic E-state index is 0.00600. The van der Waals surface area contributed by atoms with Crippen molar-refractivity contribution in [1.29, 1.82) is 0 Å². The van der Waals surface area contributed by atoms with Gasteiger partial charge in [-0.15, -0.1) is 0 Å². The molecule has 2 aliphatic heterocycles. The molecule has 2 fully saturated rings. The molecule has 0 bridgehead atoms. The molecular weight excluding hydrogens is 296 g/mol. The van der Waals surface area contributed by atoms with Crippen LogP contribution in [0.2, 0.25) is 0 Å². The fourth-order valence-electron chi connectivity index (χ4n) is 2.85. The van der Waals surface area contributed by atoms with Crippen LogP contribution in [0.5, 0.6) is 0 Å². The van der Waals surface area contributed by atoms with E-state index in [9.17, 15) is 14.4 Å². The molecule has 0 saturated carbocycles. The lowest BCUT2D eigenvalue weighted by Gasteiger charge is -2.34. The van der Waals surface area contributed by atoms with E-state index in [1.165, 1.54) is 0 Å². The summed E-state index contributed by atoms with van der Waals surface area (Å²) < 4.78 is 0. The van der Waals surface area contributed by atoms with Crippen molar-refractivity contribution >= 4 is 17.8 Å². The highest BCUT2D eigenvalue weighted by Crippen LogP contribution is 2.16. The summed E-state index contributed by atoms with van der Waals surface area (Å²) in [5, 5.41) is 8.56. The molecule has 1 unspecified atom stereocenters. The lowest BCUT2D eigenvalue weighted by atomic mass is 9.97. The maximum Gasteiger partial charge on any atom is 0.315 e. The molecule has 2 saturated heterocycles. The standard InChI is InChI=1S/C16H28N4O3/c1-16(2,3)10-17-15(23)18-11-6-8-20(9-7-11)14(22)12-4-5-13(21)19-12/h11-12H,4-10H2,1-3H3,(H,19,21)(H2,17,18,23). The van der Waals surface area contributed by atoms with Gasteiger partial charge in [0, 0.05) is 32.1 Å². The normalized spacial score (nSPS) is 22.7. The third-order valence-electron chi connectivity index (χ3n) is 4.21. The van der Waals surface area contributed by atoms with Gasteiger partial charge in [-0.3, -0.25) is 9.59 Å². The first-order valence-electron chi connectivity index (χ1n) is 8.37. The van der Waals surface area contributed by atoms with E-state index in [2.05, 4.69) is 36.7 Å². The van der Waals surface area contributed by atoms with Crippen LogP contribution in [0.3, 0.4) is 0 Å². The number of carbonyl (C=O) groups excluding carboxylic acids is 3. The minimum Gasteiger partial charge on any atom is -0.344 e. The number of likely N-dealkylation sites (tertiary alicyclic amines) is 1. The van der Waals surface area contributed by atoms with Gasteiger partial charge in [0.25, 0.3) is 0 Å². The number of urea groups is 1. The van der Waals surface area contributed by atoms with Gasteiger partial charge in [-0.1, -0.05) is 20.8 Å². The van der Waals surface area contributed by atoms with Gasteiger partial charge in [-0.25, -0.2) is 4.79 Å². The Hall–Kier alpha value is -1.79. The fraction of sp³-hybridized carbons (Fsp3) is 0.812. The van der Waals surface area contributed by atoms with Gasteiger partial charge in [0.1, 0.15) is 6.04 Å². The van der Waals surface area contributed by atoms with Crippen LogP contribution in [0.25, 0.3) is 0 Å². The molecule has 130 valence electrons. The Bertz CT molecular complexity index is 464. The van der Waals surface area contributed by atoms with Crippen LogP contribution in [0.1, 0.15) is 46.5 Å². The van der Waals surface area contributed by atoms with Crippen LogP contribution in [-0.2, 0) is 9.59 Å². The molecular formula is C16H28N4O3. The van der Waals surface area contributed by atoms with Crippen LogP contribution in [0.15, 0.2) is 0 Å². The predicted octanol–water partition coefficient (Wildman–Crippen LogP) is 0.601. The zero-order chi connectivity index (χ0) is 17.0. The molecule has 7 heteroatoms. The predicted molar refractivity (Wildman–Crippen MR) is 86.8 cm³/mol. The van der Waals surface area contributed by atoms with Gasteiger partial charge in [0.2, 0.25) is 11.8 Å². The number of nitrogens with one attached hydrogen (secondary N) is 3. The molecule has 0 aromatic carbocycles. The Labute approximate surface area is 137 Å². The first-order valence-corrected chi connectivity index (χ1v) is 8.37. The summed E-state index contributed by atoms with van der Waals surface area (Å²) in [6.07, 6.45) is 2.51. The SMILES string of the molecule is CC(C)(C)CNC(=O)NC1CCN(C(=O)C2CCC(=O)N2)CC1. The third kappa shape index (κ3) is 5.41. The molecule has 23 heavy (non-hydrogen) atoms. The smallest absolute Gasteiger partial charge is 0.315 e. The number of amides is 4. The van der Waals surface area contributed by atoms with E-state index in [-0.39, 0.29) is 35.3 Å². The summed E-state index contributed by atoms with van der Waals surface area (Å²) in [6, 6.07) is -0.410. The number of hydrogen-bond acceptors (Lipinski definition) is 3. The van der Waals surface area contributed by atoms with Gasteiger partial charge in [-0.2, -0.15) is 0 Å². The van der Waals surface area contributed by atoms with Crippen molar-refractivity contribution in [2.24, 2.45) is 5.41 Å². The molecule has 7 nitrogen and oxygen atoms in total. The largest absolute Gasteiger partial charge is 0.344 e. The summed E-state index contributed by atoms with van der Waals surface area (Å²) >= 11 is 0. The summed E-state index contributed by atoms with van der Waals surface area (Å²) in [5.74, 6) is -0.0399. The van der Waals surface area contributed by atoms with Crippen LogP contribution >= 0.6 is 0 Å². The van der Waals surface area contributed by atoms with E-state index in [0.717, 1.165) is 12.8 Å². The molecule has 3 N–H and O–H groups in total. The molecule has 0 aliphatic carbocycles. The zero-order valence-corrected chi connectivity index (χ0v) is 14.3. The summed E-state index contributed by atoms with van der Waals surface area (Å²) in [5.41, 5.74) is 0.0544. The van der Waals surface area contributed by atoms with Crippen molar-refractivity contribution in [2.75, 3.05) is 19.6 Å². The molecule has 2 heterocycles. The van der Waals surface area contributed by atoms with Crippen LogP contribution in [0.4, 0.5) is 4.79 Å². The Morgan fingerprint density at radius 3 is 2.39 bits per heavy atom. The van der Waals surface area contributed by atoms with Gasteiger partial charge in [0.15, 0.2) is 0 Å². The van der Waals surface area contributed by atoms with E-state index in [4.69, 9.17) is 0 Å². The van der Waals surface area contributed by atoms with E-state index in [0.29, 0.717) is 32.5 Å². The first-order chi connectivity index (χ1) is 10.7. The molecule has 2 rings (SSSR count). The van der Waals surface area contributed by atoms with E-state index in [1.54, 1.807) is 4.90 Å². The highest BCUT2D eigenvalue weighted by molar-refractivity contribution is 5.90. The Morgan fingerprint density at radius 1 is 1.22 bits per heavy atom. The number of hydrogen-bond donors (Lipinski definition) is 3. The van der Waals surface area contributed by atoms with E-state index < -0.39 is 0 Å². The highest BCUT2D eigenvalue weighted by atomic mass is 16.2. The average molecular weight is 324 g/mol. The molecule has 1 atom stereocenters. The topological polar surface area (TPSA) is 90.5 Å². The monoisotopic (exact) mass is 324 g/mol. The molecule has 0 aromatic heterocycles. The molecule has 2 aliphatic rings. The van der Waals surface area contributed by atoms with E-state index >= 15 is 0 Å². The first kappa shape index (κ1) is 17.6. The summed E-state index contributed by atoms with van der Waals surface area (Å²) in [4.78, 5) is 37.2. The van der Waals surface area contributed by atoms with Crippen LogP contribution in [-0.4, -0.2) is 54.5 Å². The Balaban J connectivity index is 1.70. The van der Waals surface area contributed by atoms with Crippen LogP contribution in [0, 0.1) is 5.41 Å². The van der Waals surface area contributed by atoms with Gasteiger partial charge >= 0.3 is 6.03 Å². The van der Waals surface area contributed by atoms with E-state index in [1.807, 2.05) is 0 Å². The Morgan fingerprint density at radius 2 is 1.87 bits per heavy atom. The fourth-order valence-corrected chi connectivity index (χ4v) is 2.85. The average Bonchev–Trinajstić information content (AvgIpc) is 2.91. The van der Waals surface area contributed by atoms with Crippen molar-refractivity contribution < 1.29 is 14.4 Å².